The number of ether oxygens (including phenoxy) is 2. The van der Waals surface area contributed by atoms with Gasteiger partial charge in [-0.1, -0.05) is 11.6 Å². The van der Waals surface area contributed by atoms with Crippen molar-refractivity contribution >= 4 is 51.1 Å². The number of aromatic amines is 2. The van der Waals surface area contributed by atoms with E-state index in [4.69, 9.17) is 21.1 Å². The number of esters is 1. The van der Waals surface area contributed by atoms with E-state index in [0.29, 0.717) is 22.1 Å². The lowest BCUT2D eigenvalue weighted by Crippen LogP contribution is -2.24. The molecule has 0 radical (unpaired) electrons. The van der Waals surface area contributed by atoms with Gasteiger partial charge in [0.25, 0.3) is 0 Å². The number of H-pyrrole nitrogens is 2. The van der Waals surface area contributed by atoms with Crippen molar-refractivity contribution in [1.29, 1.82) is 0 Å². The molecule has 0 atom stereocenters. The fourth-order valence-corrected chi connectivity index (χ4v) is 4.02. The summed E-state index contributed by atoms with van der Waals surface area (Å²) < 4.78 is 52.4. The van der Waals surface area contributed by atoms with E-state index in [0.717, 1.165) is 23.0 Å². The number of halogens is 4. The van der Waals surface area contributed by atoms with Gasteiger partial charge < -0.3 is 19.4 Å². The monoisotopic (exact) mass is 514 g/mol. The highest BCUT2D eigenvalue weighted by Gasteiger charge is 2.23. The van der Waals surface area contributed by atoms with Crippen LogP contribution < -0.4 is 9.64 Å². The molecule has 0 spiro atoms. The molecule has 2 aromatic heterocycles. The number of hydrogen-bond donors (Lipinski definition) is 2. The molecule has 0 aliphatic rings. The fourth-order valence-electron chi connectivity index (χ4n) is 3.77. The minimum atomic E-state index is -2.94. The number of rotatable bonds is 7. The maximum absolute atomic E-state index is 14.0. The van der Waals surface area contributed by atoms with Crippen molar-refractivity contribution < 1.29 is 27.4 Å². The van der Waals surface area contributed by atoms with Crippen molar-refractivity contribution in [2.75, 3.05) is 11.5 Å². The number of carbonyl (C=O) groups is 1. The SMILES string of the molecule is CCOC(=O)c1cc2cc(Oc3ccc(N(c4nc5c(Cl)cc(F)cc5[nH]4)C(F)F)cc3)ccc2[nH]1. The van der Waals surface area contributed by atoms with Crippen LogP contribution in [0.3, 0.4) is 0 Å². The number of nitrogens with zero attached hydrogens (tertiary/aromatic N) is 2. The lowest BCUT2D eigenvalue weighted by molar-refractivity contribution is 0.0520. The Kier molecular flexibility index (Phi) is 6.19. The van der Waals surface area contributed by atoms with Crippen molar-refractivity contribution in [1.82, 2.24) is 15.0 Å². The maximum atomic E-state index is 14.0. The van der Waals surface area contributed by atoms with Crippen LogP contribution in [0.1, 0.15) is 17.4 Å². The van der Waals surface area contributed by atoms with Crippen LogP contribution >= 0.6 is 11.6 Å². The molecule has 0 aliphatic carbocycles. The van der Waals surface area contributed by atoms with Crippen molar-refractivity contribution in [3.63, 3.8) is 0 Å². The molecule has 0 saturated carbocycles. The highest BCUT2D eigenvalue weighted by Crippen LogP contribution is 2.33. The second kappa shape index (κ2) is 9.46. The molecule has 36 heavy (non-hydrogen) atoms. The minimum Gasteiger partial charge on any atom is -0.461 e. The van der Waals surface area contributed by atoms with Crippen molar-refractivity contribution in [3.05, 3.63) is 77.2 Å². The molecule has 2 N–H and O–H groups in total. The summed E-state index contributed by atoms with van der Waals surface area (Å²) in [6.45, 7) is -0.943. The standard InChI is InChI=1S/C25H18ClF3N4O3/c1-2-35-23(34)21-10-13-9-17(7-8-19(13)30-21)36-16-5-3-15(4-6-16)33(24(28)29)25-31-20-12-14(27)11-18(26)22(20)32-25/h3-12,24,30H,2H2,1H3,(H,31,32). The number of imidazole rings is 1. The number of aromatic nitrogens is 3. The molecule has 5 aromatic rings. The van der Waals surface area contributed by atoms with Gasteiger partial charge in [-0.15, -0.1) is 0 Å². The molecule has 0 aliphatic heterocycles. The number of hydrogen-bond acceptors (Lipinski definition) is 5. The van der Waals surface area contributed by atoms with Gasteiger partial charge >= 0.3 is 12.5 Å². The van der Waals surface area contributed by atoms with Gasteiger partial charge in [0.1, 0.15) is 28.5 Å². The largest absolute Gasteiger partial charge is 0.461 e. The highest BCUT2D eigenvalue weighted by atomic mass is 35.5. The number of carbonyl (C=O) groups excluding carboxylic acids is 1. The van der Waals surface area contributed by atoms with Gasteiger partial charge in [0.2, 0.25) is 5.95 Å². The first-order chi connectivity index (χ1) is 17.3. The molecule has 5 rings (SSSR count). The van der Waals surface area contributed by atoms with Crippen molar-refractivity contribution in [2.24, 2.45) is 0 Å². The van der Waals surface area contributed by atoms with E-state index in [1.165, 1.54) is 24.3 Å². The maximum Gasteiger partial charge on any atom is 0.354 e. The van der Waals surface area contributed by atoms with Crippen LogP contribution in [0.2, 0.25) is 5.02 Å². The van der Waals surface area contributed by atoms with E-state index < -0.39 is 18.3 Å². The van der Waals surface area contributed by atoms with E-state index >= 15 is 0 Å². The number of anilines is 2. The number of fused-ring (bicyclic) bond motifs is 2. The molecular formula is C25H18ClF3N4O3. The van der Waals surface area contributed by atoms with E-state index in [9.17, 15) is 18.0 Å². The average Bonchev–Trinajstić information content (AvgIpc) is 3.44. The summed E-state index contributed by atoms with van der Waals surface area (Å²) in [5, 5.41) is 0.760. The number of nitrogens with one attached hydrogen (secondary N) is 2. The van der Waals surface area contributed by atoms with Crippen LogP contribution in [0.15, 0.2) is 60.7 Å². The van der Waals surface area contributed by atoms with Gasteiger partial charge in [-0.25, -0.2) is 14.2 Å². The average molecular weight is 515 g/mol. The lowest BCUT2D eigenvalue weighted by Gasteiger charge is -2.21. The third-order valence-corrected chi connectivity index (χ3v) is 5.64. The summed E-state index contributed by atoms with van der Waals surface area (Å²) in [4.78, 5) is 22.4. The summed E-state index contributed by atoms with van der Waals surface area (Å²) in [5.74, 6) is -0.348. The Hall–Kier alpha value is -4.18. The van der Waals surface area contributed by atoms with Crippen LogP contribution in [0.4, 0.5) is 24.8 Å². The van der Waals surface area contributed by atoms with Crippen molar-refractivity contribution in [2.45, 2.75) is 13.5 Å². The van der Waals surface area contributed by atoms with Gasteiger partial charge in [0.05, 0.1) is 17.1 Å². The summed E-state index contributed by atoms with van der Waals surface area (Å²) in [7, 11) is 0. The highest BCUT2D eigenvalue weighted by molar-refractivity contribution is 6.35. The van der Waals surface area contributed by atoms with Crippen LogP contribution in [0, 0.1) is 5.82 Å². The molecular weight excluding hydrogens is 497 g/mol. The fraction of sp³-hybridized carbons (Fsp3) is 0.120. The Morgan fingerprint density at radius 1 is 1.03 bits per heavy atom. The Morgan fingerprint density at radius 3 is 2.50 bits per heavy atom. The normalized spacial score (nSPS) is 11.4. The summed E-state index contributed by atoms with van der Waals surface area (Å²) in [6, 6.07) is 15.0. The molecule has 0 fully saturated rings. The molecule has 0 saturated heterocycles. The predicted octanol–water partition coefficient (Wildman–Crippen LogP) is 7.17. The van der Waals surface area contributed by atoms with Gasteiger partial charge in [0, 0.05) is 16.6 Å². The summed E-state index contributed by atoms with van der Waals surface area (Å²) in [6.07, 6.45) is 0. The van der Waals surface area contributed by atoms with Crippen LogP contribution in [0.5, 0.6) is 11.5 Å². The van der Waals surface area contributed by atoms with Crippen LogP contribution in [-0.4, -0.2) is 34.1 Å². The smallest absolute Gasteiger partial charge is 0.354 e. The second-order valence-electron chi connectivity index (χ2n) is 7.74. The Morgan fingerprint density at radius 2 is 1.78 bits per heavy atom. The molecule has 3 aromatic carbocycles. The number of alkyl halides is 2. The molecule has 2 heterocycles. The predicted molar refractivity (Wildman–Crippen MR) is 130 cm³/mol. The molecule has 0 amide bonds. The Bertz CT molecular complexity index is 1570. The first kappa shape index (κ1) is 23.6. The minimum absolute atomic E-state index is 0.0132. The zero-order chi connectivity index (χ0) is 25.4. The van der Waals surface area contributed by atoms with Gasteiger partial charge in [-0.05, 0) is 67.6 Å². The molecule has 184 valence electrons. The third-order valence-electron chi connectivity index (χ3n) is 5.35. The Labute approximate surface area is 207 Å². The number of benzene rings is 3. The molecule has 0 bridgehead atoms. The summed E-state index contributed by atoms with van der Waals surface area (Å²) >= 11 is 6.00. The van der Waals surface area contributed by atoms with E-state index in [-0.39, 0.29) is 34.3 Å². The van der Waals surface area contributed by atoms with Crippen LogP contribution in [-0.2, 0) is 4.74 Å². The van der Waals surface area contributed by atoms with Crippen LogP contribution in [0.25, 0.3) is 21.9 Å². The van der Waals surface area contributed by atoms with Crippen molar-refractivity contribution in [3.8, 4) is 11.5 Å². The second-order valence-corrected chi connectivity index (χ2v) is 8.15. The van der Waals surface area contributed by atoms with E-state index in [1.807, 2.05) is 0 Å². The van der Waals surface area contributed by atoms with Gasteiger partial charge in [-0.2, -0.15) is 8.78 Å². The Balaban J connectivity index is 1.38. The molecule has 11 heteroatoms. The summed E-state index contributed by atoms with van der Waals surface area (Å²) in [5.41, 5.74) is 1.58. The first-order valence-corrected chi connectivity index (χ1v) is 11.2. The topological polar surface area (TPSA) is 83.2 Å². The third kappa shape index (κ3) is 4.55. The van der Waals surface area contributed by atoms with E-state index in [1.54, 1.807) is 31.2 Å². The first-order valence-electron chi connectivity index (χ1n) is 10.8. The molecule has 7 nitrogen and oxygen atoms in total. The quantitative estimate of drug-likeness (QED) is 0.178. The molecule has 0 unspecified atom stereocenters. The van der Waals surface area contributed by atoms with E-state index in [2.05, 4.69) is 15.0 Å². The van der Waals surface area contributed by atoms with Gasteiger partial charge in [-0.3, -0.25) is 4.90 Å². The zero-order valence-corrected chi connectivity index (χ0v) is 19.4. The van der Waals surface area contributed by atoms with Gasteiger partial charge in [0.15, 0.2) is 0 Å². The lowest BCUT2D eigenvalue weighted by atomic mass is 10.2. The zero-order valence-electron chi connectivity index (χ0n) is 18.7.